The molecule has 1 aromatic carbocycles. The van der Waals surface area contributed by atoms with Crippen molar-refractivity contribution < 1.29 is 14.5 Å². The van der Waals surface area contributed by atoms with E-state index in [2.05, 4.69) is 0 Å². The van der Waals surface area contributed by atoms with Gasteiger partial charge in [0, 0.05) is 6.07 Å². The van der Waals surface area contributed by atoms with E-state index in [1.54, 1.807) is 13.8 Å². The molecule has 0 aliphatic heterocycles. The second-order valence-electron chi connectivity index (χ2n) is 3.38. The lowest BCUT2D eigenvalue weighted by Gasteiger charge is -2.07. The third kappa shape index (κ3) is 3.16. The molecule has 0 heterocycles. The average Bonchev–Trinajstić information content (AvgIpc) is 2.16. The van der Waals surface area contributed by atoms with Gasteiger partial charge in [-0.25, -0.2) is 4.79 Å². The zero-order chi connectivity index (χ0) is 12.3. The van der Waals surface area contributed by atoms with E-state index in [0.29, 0.717) is 3.57 Å². The Hall–Kier alpha value is -1.18. The minimum Gasteiger partial charge on any atom is -0.459 e. The molecule has 0 aromatic heterocycles. The van der Waals surface area contributed by atoms with Crippen LogP contribution in [0.4, 0.5) is 5.69 Å². The fraction of sp³-hybridized carbons (Fsp3) is 0.300. The molecule has 0 fully saturated rings. The number of carbonyl (C=O) groups excluding carboxylic acids is 1. The van der Waals surface area contributed by atoms with E-state index in [9.17, 15) is 14.9 Å². The van der Waals surface area contributed by atoms with Crippen LogP contribution in [0.3, 0.4) is 0 Å². The first-order valence-electron chi connectivity index (χ1n) is 4.56. The summed E-state index contributed by atoms with van der Waals surface area (Å²) in [5, 5.41) is 10.7. The Balaban J connectivity index is 3.03. The van der Waals surface area contributed by atoms with Gasteiger partial charge in [0.25, 0.3) is 5.69 Å². The van der Waals surface area contributed by atoms with E-state index in [0.717, 1.165) is 0 Å². The number of ether oxygens (including phenoxy) is 1. The Kier molecular flexibility index (Phi) is 4.22. The number of rotatable bonds is 3. The van der Waals surface area contributed by atoms with Crippen molar-refractivity contribution >= 4 is 34.2 Å². The van der Waals surface area contributed by atoms with Gasteiger partial charge in [0.1, 0.15) is 0 Å². The van der Waals surface area contributed by atoms with Crippen molar-refractivity contribution in [1.82, 2.24) is 0 Å². The Morgan fingerprint density at radius 2 is 2.12 bits per heavy atom. The Morgan fingerprint density at radius 1 is 1.50 bits per heavy atom. The molecule has 1 rings (SSSR count). The van der Waals surface area contributed by atoms with Crippen molar-refractivity contribution in [3.05, 3.63) is 37.4 Å². The number of carbonyl (C=O) groups is 1. The molecule has 16 heavy (non-hydrogen) atoms. The van der Waals surface area contributed by atoms with Crippen LogP contribution < -0.4 is 0 Å². The maximum atomic E-state index is 11.5. The van der Waals surface area contributed by atoms with E-state index in [-0.39, 0.29) is 17.4 Å². The fourth-order valence-electron chi connectivity index (χ4n) is 1.06. The lowest BCUT2D eigenvalue weighted by Crippen LogP contribution is -2.11. The van der Waals surface area contributed by atoms with E-state index < -0.39 is 10.9 Å². The zero-order valence-corrected chi connectivity index (χ0v) is 10.9. The SMILES string of the molecule is CC(C)OC(=O)c1ccc(I)c([N+](=O)[O-])c1. The summed E-state index contributed by atoms with van der Waals surface area (Å²) in [6.45, 7) is 3.44. The molecular weight excluding hydrogens is 325 g/mol. The molecule has 0 unspecified atom stereocenters. The normalized spacial score (nSPS) is 10.2. The van der Waals surface area contributed by atoms with Crippen molar-refractivity contribution in [2.24, 2.45) is 0 Å². The van der Waals surface area contributed by atoms with Crippen LogP contribution in [0, 0.1) is 13.7 Å². The quantitative estimate of drug-likeness (QED) is 0.369. The molecule has 1 aromatic rings. The van der Waals surface area contributed by atoms with Gasteiger partial charge in [-0.05, 0) is 48.6 Å². The maximum Gasteiger partial charge on any atom is 0.338 e. The van der Waals surface area contributed by atoms with E-state index in [1.165, 1.54) is 18.2 Å². The summed E-state index contributed by atoms with van der Waals surface area (Å²) >= 11 is 1.85. The zero-order valence-electron chi connectivity index (χ0n) is 8.77. The topological polar surface area (TPSA) is 69.4 Å². The molecule has 0 aliphatic carbocycles. The van der Waals surface area contributed by atoms with E-state index in [4.69, 9.17) is 4.74 Å². The number of esters is 1. The molecule has 0 saturated heterocycles. The van der Waals surface area contributed by atoms with Crippen LogP contribution in [0.2, 0.25) is 0 Å². The van der Waals surface area contributed by atoms with Crippen molar-refractivity contribution in [1.29, 1.82) is 0 Å². The summed E-state index contributed by atoms with van der Waals surface area (Å²) in [4.78, 5) is 21.6. The summed E-state index contributed by atoms with van der Waals surface area (Å²) in [7, 11) is 0. The van der Waals surface area contributed by atoms with Crippen molar-refractivity contribution in [2.75, 3.05) is 0 Å². The first kappa shape index (κ1) is 12.9. The van der Waals surface area contributed by atoms with Gasteiger partial charge in [-0.15, -0.1) is 0 Å². The Morgan fingerprint density at radius 3 is 2.62 bits per heavy atom. The largest absolute Gasteiger partial charge is 0.459 e. The molecule has 0 radical (unpaired) electrons. The average molecular weight is 335 g/mol. The molecule has 5 nitrogen and oxygen atoms in total. The second kappa shape index (κ2) is 5.24. The lowest BCUT2D eigenvalue weighted by molar-refractivity contribution is -0.385. The molecule has 0 atom stereocenters. The van der Waals surface area contributed by atoms with Crippen LogP contribution in [0.15, 0.2) is 18.2 Å². The number of nitro benzene ring substituents is 1. The van der Waals surface area contributed by atoms with Gasteiger partial charge in [0.05, 0.1) is 20.2 Å². The Labute approximate surface area is 106 Å². The van der Waals surface area contributed by atoms with Crippen molar-refractivity contribution in [3.63, 3.8) is 0 Å². The number of halogens is 1. The van der Waals surface area contributed by atoms with Gasteiger partial charge in [-0.2, -0.15) is 0 Å². The molecule has 0 aliphatic rings. The molecule has 0 amide bonds. The molecular formula is C10H10INO4. The fourth-order valence-corrected chi connectivity index (χ4v) is 1.59. The van der Waals surface area contributed by atoms with Crippen LogP contribution in [-0.2, 0) is 4.74 Å². The van der Waals surface area contributed by atoms with E-state index >= 15 is 0 Å². The van der Waals surface area contributed by atoms with Crippen LogP contribution >= 0.6 is 22.6 Å². The number of hydrogen-bond donors (Lipinski definition) is 0. The van der Waals surface area contributed by atoms with Crippen LogP contribution in [0.25, 0.3) is 0 Å². The van der Waals surface area contributed by atoms with Crippen molar-refractivity contribution in [3.8, 4) is 0 Å². The highest BCUT2D eigenvalue weighted by atomic mass is 127. The van der Waals surface area contributed by atoms with E-state index in [1.807, 2.05) is 22.6 Å². The van der Waals surface area contributed by atoms with Crippen LogP contribution in [0.5, 0.6) is 0 Å². The van der Waals surface area contributed by atoms with Crippen LogP contribution in [0.1, 0.15) is 24.2 Å². The van der Waals surface area contributed by atoms with Gasteiger partial charge in [-0.1, -0.05) is 0 Å². The molecule has 0 N–H and O–H groups in total. The first-order valence-corrected chi connectivity index (χ1v) is 5.64. The number of nitro groups is 1. The lowest BCUT2D eigenvalue weighted by atomic mass is 10.2. The highest BCUT2D eigenvalue weighted by Gasteiger charge is 2.17. The smallest absolute Gasteiger partial charge is 0.338 e. The second-order valence-corrected chi connectivity index (χ2v) is 4.54. The summed E-state index contributed by atoms with van der Waals surface area (Å²) in [5.41, 5.74) is 0.111. The summed E-state index contributed by atoms with van der Waals surface area (Å²) in [6, 6.07) is 4.27. The minimum atomic E-state index is -0.547. The maximum absolute atomic E-state index is 11.5. The molecule has 6 heteroatoms. The summed E-state index contributed by atoms with van der Waals surface area (Å²) in [5.74, 6) is -0.547. The van der Waals surface area contributed by atoms with Crippen molar-refractivity contribution in [2.45, 2.75) is 20.0 Å². The monoisotopic (exact) mass is 335 g/mol. The summed E-state index contributed by atoms with van der Waals surface area (Å²) < 4.78 is 5.44. The predicted octanol–water partition coefficient (Wildman–Crippen LogP) is 2.76. The van der Waals surface area contributed by atoms with Gasteiger partial charge in [0.2, 0.25) is 0 Å². The minimum absolute atomic E-state index is 0.0844. The Bertz CT molecular complexity index is 431. The molecule has 0 spiro atoms. The predicted molar refractivity (Wildman–Crippen MR) is 66.4 cm³/mol. The van der Waals surface area contributed by atoms with Gasteiger partial charge in [0.15, 0.2) is 0 Å². The van der Waals surface area contributed by atoms with Gasteiger partial charge < -0.3 is 4.74 Å². The number of benzene rings is 1. The van der Waals surface area contributed by atoms with Gasteiger partial charge in [-0.3, -0.25) is 10.1 Å². The standard InChI is InChI=1S/C10H10INO4/c1-6(2)16-10(13)7-3-4-8(11)9(5-7)12(14)15/h3-6H,1-2H3. The number of nitrogens with zero attached hydrogens (tertiary/aromatic N) is 1. The van der Waals surface area contributed by atoms with Crippen LogP contribution in [-0.4, -0.2) is 17.0 Å². The number of hydrogen-bond acceptors (Lipinski definition) is 4. The first-order chi connectivity index (χ1) is 7.41. The highest BCUT2D eigenvalue weighted by Crippen LogP contribution is 2.22. The summed E-state index contributed by atoms with van der Waals surface area (Å²) in [6.07, 6.45) is -0.245. The van der Waals surface area contributed by atoms with Gasteiger partial charge >= 0.3 is 5.97 Å². The molecule has 0 saturated carbocycles. The molecule has 86 valence electrons. The third-order valence-corrected chi connectivity index (χ3v) is 2.63. The third-order valence-electron chi connectivity index (χ3n) is 1.72. The highest BCUT2D eigenvalue weighted by molar-refractivity contribution is 14.1. The molecule has 0 bridgehead atoms.